The van der Waals surface area contributed by atoms with Gasteiger partial charge in [-0.15, -0.1) is 0 Å². The number of rotatable bonds is 8. The first-order valence-corrected chi connectivity index (χ1v) is 11.6. The lowest BCUT2D eigenvalue weighted by Crippen LogP contribution is -2.56. The molecule has 1 spiro atoms. The molecule has 184 valence electrons. The Morgan fingerprint density at radius 1 is 1.39 bits per heavy atom. The van der Waals surface area contributed by atoms with Crippen LogP contribution >= 0.6 is 0 Å². The molecule has 1 aromatic rings. The van der Waals surface area contributed by atoms with Crippen LogP contribution in [0.15, 0.2) is 21.0 Å². The number of carbonyl (C=O) groups excluding carboxylic acids is 1. The zero-order chi connectivity index (χ0) is 24.0. The minimum Gasteiger partial charge on any atom is -0.443 e. The van der Waals surface area contributed by atoms with Crippen LogP contribution in [0.4, 0.5) is 4.79 Å². The highest BCUT2D eigenvalue weighted by atomic mass is 16.6. The fourth-order valence-corrected chi connectivity index (χ4v) is 5.29. The fourth-order valence-electron chi connectivity index (χ4n) is 5.29. The number of hydrogen-bond acceptors (Lipinski definition) is 8. The number of nitrogens with one attached hydrogen (secondary N) is 2. The second kappa shape index (κ2) is 8.88. The minimum absolute atomic E-state index is 0.0478. The number of epoxide rings is 2. The molecule has 3 fully saturated rings. The molecule has 0 aromatic carbocycles. The number of nitrogens with zero attached hydrogens (tertiary/aromatic N) is 1. The van der Waals surface area contributed by atoms with Gasteiger partial charge < -0.3 is 24.3 Å². The summed E-state index contributed by atoms with van der Waals surface area (Å²) in [5.74, 6) is -0.517. The molecule has 2 N–H and O–H groups in total. The lowest BCUT2D eigenvalue weighted by atomic mass is 9.68. The van der Waals surface area contributed by atoms with Crippen molar-refractivity contribution in [3.63, 3.8) is 0 Å². The van der Waals surface area contributed by atoms with Crippen molar-refractivity contribution in [2.45, 2.75) is 89.4 Å². The van der Waals surface area contributed by atoms with Crippen molar-refractivity contribution in [2.24, 2.45) is 11.8 Å². The standard InChI is InChI=1S/C23H35N3O7/c1-12(2)7-8-15-22(5,32-15)18-17(29-6)14(9-10-23(18)11-30-23)31-20(27)24-16(13(3)4)19-25-21(28)33-26-19/h7,13-18H,8-11H2,1-6H3,(H,24,27)(H,25,26,28)/t14-,15-,16+,17-,18-,22+,23+/m1/s1. The summed E-state index contributed by atoms with van der Waals surface area (Å²) in [5, 5.41) is 6.52. The van der Waals surface area contributed by atoms with E-state index in [9.17, 15) is 9.59 Å². The molecule has 7 atom stereocenters. The summed E-state index contributed by atoms with van der Waals surface area (Å²) in [6, 6.07) is -0.555. The molecule has 0 bridgehead atoms. The molecule has 2 aliphatic heterocycles. The number of carbonyl (C=O) groups is 1. The third kappa shape index (κ3) is 4.74. The van der Waals surface area contributed by atoms with Gasteiger partial charge >= 0.3 is 11.8 Å². The summed E-state index contributed by atoms with van der Waals surface area (Å²) in [7, 11) is 1.64. The van der Waals surface area contributed by atoms with Gasteiger partial charge in [-0.05, 0) is 46.0 Å². The summed E-state index contributed by atoms with van der Waals surface area (Å²) in [5.41, 5.74) is 0.567. The molecule has 1 amide bonds. The Morgan fingerprint density at radius 2 is 2.12 bits per heavy atom. The highest BCUT2D eigenvalue weighted by Crippen LogP contribution is 2.59. The maximum absolute atomic E-state index is 12.8. The normalized spacial score (nSPS) is 35.8. The number of ether oxygens (including phenoxy) is 4. The molecule has 1 saturated carbocycles. The molecule has 0 radical (unpaired) electrons. The molecule has 1 aliphatic carbocycles. The van der Waals surface area contributed by atoms with Crippen LogP contribution in [-0.4, -0.2) is 59.5 Å². The van der Waals surface area contributed by atoms with Gasteiger partial charge in [0.1, 0.15) is 23.4 Å². The molecule has 0 unspecified atom stereocenters. The van der Waals surface area contributed by atoms with E-state index in [0.29, 0.717) is 13.0 Å². The van der Waals surface area contributed by atoms with E-state index < -0.39 is 29.6 Å². The van der Waals surface area contributed by atoms with Crippen molar-refractivity contribution in [1.82, 2.24) is 15.5 Å². The number of hydrogen-bond donors (Lipinski definition) is 2. The van der Waals surface area contributed by atoms with Crippen molar-refractivity contribution in [1.29, 1.82) is 0 Å². The zero-order valence-corrected chi connectivity index (χ0v) is 20.2. The van der Waals surface area contributed by atoms with E-state index in [4.69, 9.17) is 18.9 Å². The van der Waals surface area contributed by atoms with Crippen molar-refractivity contribution in [3.8, 4) is 0 Å². The first-order chi connectivity index (χ1) is 15.6. The monoisotopic (exact) mass is 465 g/mol. The molecular weight excluding hydrogens is 430 g/mol. The molecule has 33 heavy (non-hydrogen) atoms. The van der Waals surface area contributed by atoms with Crippen LogP contribution in [-0.2, 0) is 18.9 Å². The lowest BCUT2D eigenvalue weighted by Gasteiger charge is -2.42. The number of allylic oxidation sites excluding steroid dienone is 1. The zero-order valence-electron chi connectivity index (χ0n) is 20.2. The SMILES string of the molecule is CO[C@@H]1[C@H](OC(=O)N[C@H](c2noc(=O)[nH]2)C(C)C)CC[C@]2(CO2)[C@H]1[C@@]1(C)O[C@@H]1CC=C(C)C. The Morgan fingerprint density at radius 3 is 2.67 bits per heavy atom. The van der Waals surface area contributed by atoms with E-state index in [0.717, 1.165) is 12.8 Å². The average Bonchev–Trinajstić information content (AvgIpc) is 3.62. The number of aromatic amines is 1. The van der Waals surface area contributed by atoms with Crippen molar-refractivity contribution in [3.05, 3.63) is 28.0 Å². The first-order valence-electron chi connectivity index (χ1n) is 11.6. The number of aromatic nitrogens is 2. The first kappa shape index (κ1) is 24.0. The molecule has 2 saturated heterocycles. The van der Waals surface area contributed by atoms with Gasteiger partial charge in [-0.3, -0.25) is 9.51 Å². The lowest BCUT2D eigenvalue weighted by molar-refractivity contribution is -0.118. The van der Waals surface area contributed by atoms with E-state index >= 15 is 0 Å². The molecule has 10 heteroatoms. The van der Waals surface area contributed by atoms with E-state index in [-0.39, 0.29) is 35.5 Å². The van der Waals surface area contributed by atoms with Crippen LogP contribution in [0.1, 0.15) is 65.7 Å². The van der Waals surface area contributed by atoms with Crippen LogP contribution in [0, 0.1) is 11.8 Å². The minimum atomic E-state index is -0.671. The summed E-state index contributed by atoms with van der Waals surface area (Å²) >= 11 is 0. The van der Waals surface area contributed by atoms with Gasteiger partial charge in [0.15, 0.2) is 5.82 Å². The summed E-state index contributed by atoms with van der Waals surface area (Å²) < 4.78 is 28.5. The van der Waals surface area contributed by atoms with E-state index in [1.54, 1.807) is 7.11 Å². The Hall–Kier alpha value is -2.17. The quantitative estimate of drug-likeness (QED) is 0.442. The largest absolute Gasteiger partial charge is 0.443 e. The summed E-state index contributed by atoms with van der Waals surface area (Å²) in [6.45, 7) is 10.7. The third-order valence-corrected chi connectivity index (χ3v) is 7.19. The van der Waals surface area contributed by atoms with Gasteiger partial charge in [-0.25, -0.2) is 9.59 Å². The van der Waals surface area contributed by atoms with E-state index in [1.165, 1.54) is 5.57 Å². The van der Waals surface area contributed by atoms with Crippen LogP contribution in [0.3, 0.4) is 0 Å². The van der Waals surface area contributed by atoms with Crippen molar-refractivity contribution >= 4 is 6.09 Å². The Bertz CT molecular complexity index is 946. The smallest absolute Gasteiger partial charge is 0.438 e. The van der Waals surface area contributed by atoms with Crippen LogP contribution in [0.5, 0.6) is 0 Å². The summed E-state index contributed by atoms with van der Waals surface area (Å²) in [4.78, 5) is 26.7. The van der Waals surface area contributed by atoms with E-state index in [2.05, 4.69) is 46.8 Å². The van der Waals surface area contributed by atoms with Gasteiger partial charge in [0, 0.05) is 7.11 Å². The number of amides is 1. The number of H-pyrrole nitrogens is 1. The number of alkyl carbamates (subject to hydrolysis) is 1. The maximum atomic E-state index is 12.8. The van der Waals surface area contributed by atoms with Crippen molar-refractivity contribution < 1.29 is 28.3 Å². The molecule has 1 aromatic heterocycles. The van der Waals surface area contributed by atoms with Crippen LogP contribution in [0.2, 0.25) is 0 Å². The van der Waals surface area contributed by atoms with Crippen LogP contribution < -0.4 is 11.1 Å². The highest BCUT2D eigenvalue weighted by Gasteiger charge is 2.72. The molecule has 3 heterocycles. The Labute approximate surface area is 193 Å². The molecule has 3 aliphatic rings. The Kier molecular flexibility index (Phi) is 6.45. The maximum Gasteiger partial charge on any atom is 0.438 e. The fraction of sp³-hybridized carbons (Fsp3) is 0.783. The van der Waals surface area contributed by atoms with Gasteiger partial charge in [-0.1, -0.05) is 30.7 Å². The highest BCUT2D eigenvalue weighted by molar-refractivity contribution is 5.68. The van der Waals surface area contributed by atoms with Crippen LogP contribution in [0.25, 0.3) is 0 Å². The van der Waals surface area contributed by atoms with E-state index in [1.807, 2.05) is 13.8 Å². The van der Waals surface area contributed by atoms with Crippen molar-refractivity contribution in [2.75, 3.05) is 13.7 Å². The van der Waals surface area contributed by atoms with Gasteiger partial charge in [0.25, 0.3) is 0 Å². The molecule has 10 nitrogen and oxygen atoms in total. The molecular formula is C23H35N3O7. The average molecular weight is 466 g/mol. The molecule has 4 rings (SSSR count). The third-order valence-electron chi connectivity index (χ3n) is 7.19. The Balaban J connectivity index is 1.46. The second-order valence-corrected chi connectivity index (χ2v) is 10.2. The van der Waals surface area contributed by atoms with Gasteiger partial charge in [0.2, 0.25) is 0 Å². The van der Waals surface area contributed by atoms with Gasteiger partial charge in [0.05, 0.1) is 24.7 Å². The predicted octanol–water partition coefficient (Wildman–Crippen LogP) is 2.86. The van der Waals surface area contributed by atoms with Gasteiger partial charge in [-0.2, -0.15) is 0 Å². The summed E-state index contributed by atoms with van der Waals surface area (Å²) in [6.07, 6.45) is 3.08. The topological polar surface area (TPSA) is 132 Å². The second-order valence-electron chi connectivity index (χ2n) is 10.2. The predicted molar refractivity (Wildman–Crippen MR) is 118 cm³/mol. The number of methoxy groups -OCH3 is 1.